The number of carboxylic acids is 1. The second-order valence-corrected chi connectivity index (χ2v) is 5.61. The predicted octanol–water partition coefficient (Wildman–Crippen LogP) is 1.33. The Hall–Kier alpha value is -0.650. The van der Waals surface area contributed by atoms with Gasteiger partial charge in [-0.1, -0.05) is 6.92 Å². The lowest BCUT2D eigenvalue weighted by atomic mass is 9.96. The van der Waals surface area contributed by atoms with Gasteiger partial charge >= 0.3 is 5.97 Å². The van der Waals surface area contributed by atoms with Crippen LogP contribution in [0.25, 0.3) is 0 Å². The molecule has 0 aromatic carbocycles. The molecule has 1 heterocycles. The molecule has 0 spiro atoms. The molecule has 0 aliphatic carbocycles. The van der Waals surface area contributed by atoms with E-state index in [2.05, 4.69) is 10.2 Å². The number of nitrogens with zero attached hydrogens (tertiary/aromatic N) is 1. The van der Waals surface area contributed by atoms with Crippen molar-refractivity contribution in [1.29, 1.82) is 0 Å². The van der Waals surface area contributed by atoms with Crippen molar-refractivity contribution in [2.45, 2.75) is 51.2 Å². The molecule has 19 heavy (non-hydrogen) atoms. The van der Waals surface area contributed by atoms with Gasteiger partial charge in [-0.2, -0.15) is 0 Å². The van der Waals surface area contributed by atoms with Crippen molar-refractivity contribution in [3.05, 3.63) is 0 Å². The van der Waals surface area contributed by atoms with Gasteiger partial charge in [0.05, 0.1) is 6.10 Å². The standard InChI is InChI=1S/C14H28N2O3/c1-4-8-15-14(2,13(17)18)7-10-16-9-5-6-12(11-16)19-3/h12,15H,4-11H2,1-3H3,(H,17,18). The first kappa shape index (κ1) is 16.4. The van der Waals surface area contributed by atoms with E-state index >= 15 is 0 Å². The number of rotatable bonds is 8. The van der Waals surface area contributed by atoms with E-state index in [-0.39, 0.29) is 0 Å². The highest BCUT2D eigenvalue weighted by Gasteiger charge is 2.33. The first-order valence-electron chi connectivity index (χ1n) is 7.25. The summed E-state index contributed by atoms with van der Waals surface area (Å²) in [6.07, 6.45) is 4.10. The summed E-state index contributed by atoms with van der Waals surface area (Å²) in [4.78, 5) is 13.7. The summed E-state index contributed by atoms with van der Waals surface area (Å²) < 4.78 is 5.39. The zero-order valence-electron chi connectivity index (χ0n) is 12.4. The van der Waals surface area contributed by atoms with Gasteiger partial charge in [-0.05, 0) is 45.7 Å². The minimum absolute atomic E-state index is 0.299. The Labute approximate surface area is 116 Å². The second kappa shape index (κ2) is 7.82. The lowest BCUT2D eigenvalue weighted by Gasteiger charge is -2.34. The predicted molar refractivity (Wildman–Crippen MR) is 75.4 cm³/mol. The van der Waals surface area contributed by atoms with Crippen LogP contribution in [0.2, 0.25) is 0 Å². The van der Waals surface area contributed by atoms with Gasteiger partial charge in [-0.3, -0.25) is 4.79 Å². The summed E-state index contributed by atoms with van der Waals surface area (Å²) in [5.74, 6) is -0.763. The molecular weight excluding hydrogens is 244 g/mol. The van der Waals surface area contributed by atoms with Gasteiger partial charge in [0.2, 0.25) is 0 Å². The van der Waals surface area contributed by atoms with E-state index in [9.17, 15) is 9.90 Å². The number of hydrogen-bond donors (Lipinski definition) is 2. The van der Waals surface area contributed by atoms with Gasteiger partial charge in [-0.15, -0.1) is 0 Å². The first-order chi connectivity index (χ1) is 9.01. The molecule has 0 saturated carbocycles. The van der Waals surface area contributed by atoms with E-state index in [1.54, 1.807) is 14.0 Å². The maximum absolute atomic E-state index is 11.4. The number of methoxy groups -OCH3 is 1. The van der Waals surface area contributed by atoms with Gasteiger partial charge in [0.25, 0.3) is 0 Å². The molecule has 1 rings (SSSR count). The number of carboxylic acid groups (broad SMARTS) is 1. The van der Waals surface area contributed by atoms with E-state index < -0.39 is 11.5 Å². The highest BCUT2D eigenvalue weighted by atomic mass is 16.5. The van der Waals surface area contributed by atoms with Gasteiger partial charge < -0.3 is 20.1 Å². The normalized spacial score (nSPS) is 24.1. The molecule has 0 bridgehead atoms. The fraction of sp³-hybridized carbons (Fsp3) is 0.929. The van der Waals surface area contributed by atoms with Crippen molar-refractivity contribution in [1.82, 2.24) is 10.2 Å². The van der Waals surface area contributed by atoms with Crippen LogP contribution >= 0.6 is 0 Å². The summed E-state index contributed by atoms with van der Waals surface area (Å²) >= 11 is 0. The van der Waals surface area contributed by atoms with Crippen LogP contribution in [0.15, 0.2) is 0 Å². The molecule has 1 aliphatic heterocycles. The van der Waals surface area contributed by atoms with Crippen LogP contribution in [-0.4, -0.2) is 60.9 Å². The van der Waals surface area contributed by atoms with Crippen molar-refractivity contribution >= 4 is 5.97 Å². The van der Waals surface area contributed by atoms with Gasteiger partial charge in [0.1, 0.15) is 5.54 Å². The lowest BCUT2D eigenvalue weighted by Crippen LogP contribution is -2.52. The zero-order chi connectivity index (χ0) is 14.3. The average molecular weight is 272 g/mol. The van der Waals surface area contributed by atoms with Crippen molar-refractivity contribution in [3.8, 4) is 0 Å². The van der Waals surface area contributed by atoms with Crippen LogP contribution in [-0.2, 0) is 9.53 Å². The van der Waals surface area contributed by atoms with Gasteiger partial charge in [0, 0.05) is 20.2 Å². The van der Waals surface area contributed by atoms with Crippen LogP contribution in [0.1, 0.15) is 39.5 Å². The SMILES string of the molecule is CCCNC(C)(CCN1CCCC(OC)C1)C(=O)O. The summed E-state index contributed by atoms with van der Waals surface area (Å²) in [5.41, 5.74) is -0.823. The van der Waals surface area contributed by atoms with Crippen LogP contribution in [0.5, 0.6) is 0 Å². The summed E-state index contributed by atoms with van der Waals surface area (Å²) in [6.45, 7) is 7.33. The topological polar surface area (TPSA) is 61.8 Å². The molecule has 0 amide bonds. The van der Waals surface area contributed by atoms with Crippen LogP contribution in [0, 0.1) is 0 Å². The van der Waals surface area contributed by atoms with E-state index in [0.29, 0.717) is 12.5 Å². The maximum Gasteiger partial charge on any atom is 0.323 e. The molecule has 5 nitrogen and oxygen atoms in total. The van der Waals surface area contributed by atoms with E-state index in [4.69, 9.17) is 4.74 Å². The lowest BCUT2D eigenvalue weighted by molar-refractivity contribution is -0.144. The van der Waals surface area contributed by atoms with Crippen LogP contribution in [0.3, 0.4) is 0 Å². The quantitative estimate of drug-likeness (QED) is 0.698. The molecule has 2 unspecified atom stereocenters. The third-order valence-corrected chi connectivity index (χ3v) is 3.96. The summed E-state index contributed by atoms with van der Waals surface area (Å²) in [6, 6.07) is 0. The van der Waals surface area contributed by atoms with E-state index in [1.807, 2.05) is 6.92 Å². The van der Waals surface area contributed by atoms with E-state index in [1.165, 1.54) is 0 Å². The van der Waals surface area contributed by atoms with Gasteiger partial charge in [0.15, 0.2) is 0 Å². The molecule has 1 fully saturated rings. The van der Waals surface area contributed by atoms with Crippen molar-refractivity contribution < 1.29 is 14.6 Å². The number of carbonyl (C=O) groups is 1. The summed E-state index contributed by atoms with van der Waals surface area (Å²) in [5, 5.41) is 12.5. The Kier molecular flexibility index (Phi) is 6.75. The smallest absolute Gasteiger partial charge is 0.323 e. The molecular formula is C14H28N2O3. The highest BCUT2D eigenvalue weighted by Crippen LogP contribution is 2.16. The Morgan fingerprint density at radius 2 is 2.32 bits per heavy atom. The number of ether oxygens (including phenoxy) is 1. The summed E-state index contributed by atoms with van der Waals surface area (Å²) in [7, 11) is 1.75. The van der Waals surface area contributed by atoms with Crippen molar-refractivity contribution in [3.63, 3.8) is 0 Å². The molecule has 0 aromatic heterocycles. The monoisotopic (exact) mass is 272 g/mol. The Balaban J connectivity index is 2.44. The van der Waals surface area contributed by atoms with Gasteiger partial charge in [-0.25, -0.2) is 0 Å². The fourth-order valence-corrected chi connectivity index (χ4v) is 2.46. The number of hydrogen-bond acceptors (Lipinski definition) is 4. The zero-order valence-corrected chi connectivity index (χ0v) is 12.4. The minimum Gasteiger partial charge on any atom is -0.480 e. The Morgan fingerprint density at radius 3 is 2.89 bits per heavy atom. The maximum atomic E-state index is 11.4. The molecule has 0 aromatic rings. The molecule has 5 heteroatoms. The average Bonchev–Trinajstić information content (AvgIpc) is 2.43. The van der Waals surface area contributed by atoms with E-state index in [0.717, 1.165) is 45.4 Å². The second-order valence-electron chi connectivity index (χ2n) is 5.61. The molecule has 1 aliphatic rings. The minimum atomic E-state index is -0.823. The Bertz CT molecular complexity index is 286. The Morgan fingerprint density at radius 1 is 1.58 bits per heavy atom. The van der Waals surface area contributed by atoms with Crippen LogP contribution < -0.4 is 5.32 Å². The van der Waals surface area contributed by atoms with Crippen LogP contribution in [0.4, 0.5) is 0 Å². The number of likely N-dealkylation sites (tertiary alicyclic amines) is 1. The highest BCUT2D eigenvalue weighted by molar-refractivity contribution is 5.78. The van der Waals surface area contributed by atoms with Crippen molar-refractivity contribution in [2.75, 3.05) is 33.3 Å². The molecule has 0 radical (unpaired) electrons. The third kappa shape index (κ3) is 5.09. The first-order valence-corrected chi connectivity index (χ1v) is 7.25. The largest absolute Gasteiger partial charge is 0.480 e. The van der Waals surface area contributed by atoms with Crippen molar-refractivity contribution in [2.24, 2.45) is 0 Å². The number of nitrogens with one attached hydrogen (secondary N) is 1. The third-order valence-electron chi connectivity index (χ3n) is 3.96. The molecule has 112 valence electrons. The number of aliphatic carboxylic acids is 1. The fourth-order valence-electron chi connectivity index (χ4n) is 2.46. The number of piperidine rings is 1. The molecule has 1 saturated heterocycles. The molecule has 2 N–H and O–H groups in total. The molecule has 2 atom stereocenters.